The van der Waals surface area contributed by atoms with Gasteiger partial charge in [0.1, 0.15) is 5.69 Å². The Balaban J connectivity index is 2.52. The van der Waals surface area contributed by atoms with Gasteiger partial charge in [0, 0.05) is 5.56 Å². The molecule has 88 valence electrons. The molecule has 0 radical (unpaired) electrons. The highest BCUT2D eigenvalue weighted by molar-refractivity contribution is 6.33. The first-order valence-corrected chi connectivity index (χ1v) is 4.80. The van der Waals surface area contributed by atoms with Crippen LogP contribution in [0.4, 0.5) is 8.78 Å². The van der Waals surface area contributed by atoms with Crippen LogP contribution < -0.4 is 0 Å². The van der Waals surface area contributed by atoms with E-state index in [-0.39, 0.29) is 22.0 Å². The number of aromatic amines is 1. The third-order valence-electron chi connectivity index (χ3n) is 2.09. The molecule has 0 bridgehead atoms. The number of hydrogen-bond acceptors (Lipinski definition) is 2. The lowest BCUT2D eigenvalue weighted by atomic mass is 10.1. The van der Waals surface area contributed by atoms with Crippen LogP contribution in [0.5, 0.6) is 0 Å². The highest BCUT2D eigenvalue weighted by Crippen LogP contribution is 2.28. The minimum atomic E-state index is -1.21. The van der Waals surface area contributed by atoms with Gasteiger partial charge in [0.2, 0.25) is 0 Å². The number of hydrogen-bond donors (Lipinski definition) is 2. The average Bonchev–Trinajstić information content (AvgIpc) is 2.72. The van der Waals surface area contributed by atoms with Crippen molar-refractivity contribution < 1.29 is 18.7 Å². The first kappa shape index (κ1) is 11.5. The summed E-state index contributed by atoms with van der Waals surface area (Å²) in [4.78, 5) is 10.6. The Hall–Kier alpha value is -1.95. The summed E-state index contributed by atoms with van der Waals surface area (Å²) in [5.41, 5.74) is 0.0846. The number of carbonyl (C=O) groups is 1. The van der Waals surface area contributed by atoms with Crippen LogP contribution in [0, 0.1) is 11.6 Å². The van der Waals surface area contributed by atoms with Crippen LogP contribution in [0.15, 0.2) is 18.2 Å². The van der Waals surface area contributed by atoms with Gasteiger partial charge in [-0.15, -0.1) is 0 Å². The third-order valence-corrected chi connectivity index (χ3v) is 2.41. The van der Waals surface area contributed by atoms with Gasteiger partial charge in [-0.05, 0) is 18.2 Å². The van der Waals surface area contributed by atoms with Crippen LogP contribution in [0.3, 0.4) is 0 Å². The molecule has 0 aliphatic heterocycles. The van der Waals surface area contributed by atoms with Crippen molar-refractivity contribution in [3.63, 3.8) is 0 Å². The molecule has 0 amide bonds. The molecule has 0 saturated carbocycles. The number of rotatable bonds is 2. The minimum Gasteiger partial charge on any atom is -0.477 e. The fourth-order valence-corrected chi connectivity index (χ4v) is 1.54. The largest absolute Gasteiger partial charge is 0.477 e. The van der Waals surface area contributed by atoms with Gasteiger partial charge in [-0.2, -0.15) is 5.10 Å². The zero-order chi connectivity index (χ0) is 12.6. The number of aromatic nitrogens is 2. The fourth-order valence-electron chi connectivity index (χ4n) is 1.29. The summed E-state index contributed by atoms with van der Waals surface area (Å²) in [7, 11) is 0. The predicted octanol–water partition coefficient (Wildman–Crippen LogP) is 2.71. The summed E-state index contributed by atoms with van der Waals surface area (Å²) >= 11 is 5.72. The topological polar surface area (TPSA) is 66.0 Å². The Kier molecular flexibility index (Phi) is 2.81. The van der Waals surface area contributed by atoms with Crippen LogP contribution in [-0.4, -0.2) is 21.3 Å². The van der Waals surface area contributed by atoms with E-state index in [1.165, 1.54) is 6.07 Å². The number of nitrogens with zero attached hydrogens (tertiary/aromatic N) is 1. The van der Waals surface area contributed by atoms with Crippen molar-refractivity contribution in [2.75, 3.05) is 0 Å². The highest BCUT2D eigenvalue weighted by atomic mass is 35.5. The zero-order valence-electron chi connectivity index (χ0n) is 8.17. The molecule has 2 N–H and O–H groups in total. The first-order chi connectivity index (χ1) is 7.99. The molecule has 1 heterocycles. The van der Waals surface area contributed by atoms with E-state index in [4.69, 9.17) is 16.7 Å². The summed E-state index contributed by atoms with van der Waals surface area (Å²) in [6, 6.07) is 2.85. The average molecular weight is 259 g/mol. The van der Waals surface area contributed by atoms with E-state index in [1.54, 1.807) is 0 Å². The van der Waals surface area contributed by atoms with Crippen LogP contribution in [0.25, 0.3) is 11.3 Å². The Morgan fingerprint density at radius 3 is 2.53 bits per heavy atom. The fraction of sp³-hybridized carbons (Fsp3) is 0. The van der Waals surface area contributed by atoms with Crippen LogP contribution in [0.1, 0.15) is 10.5 Å². The molecule has 1 aromatic carbocycles. The molecule has 17 heavy (non-hydrogen) atoms. The molecule has 2 rings (SSSR count). The van der Waals surface area contributed by atoms with E-state index in [1.807, 2.05) is 0 Å². The zero-order valence-corrected chi connectivity index (χ0v) is 8.92. The molecular formula is C10H5ClF2N2O2. The molecule has 0 atom stereocenters. The van der Waals surface area contributed by atoms with E-state index in [0.29, 0.717) is 0 Å². The maximum absolute atomic E-state index is 13.0. The standard InChI is InChI=1S/C10H5ClF2N2O2/c11-5-2-7(13)6(12)1-4(5)8-3-9(10(16)17)15-14-8/h1-3H,(H,14,15)(H,16,17). The van der Waals surface area contributed by atoms with Crippen LogP contribution >= 0.6 is 11.6 Å². The van der Waals surface area contributed by atoms with E-state index < -0.39 is 17.6 Å². The number of carboxylic acids is 1. The maximum Gasteiger partial charge on any atom is 0.353 e. The molecule has 2 aromatic rings. The summed E-state index contributed by atoms with van der Waals surface area (Å²) in [5.74, 6) is -3.36. The molecule has 0 aliphatic rings. The number of aromatic carboxylic acids is 1. The predicted molar refractivity (Wildman–Crippen MR) is 55.9 cm³/mol. The van der Waals surface area contributed by atoms with Gasteiger partial charge in [-0.25, -0.2) is 13.6 Å². The van der Waals surface area contributed by atoms with Gasteiger partial charge in [-0.3, -0.25) is 5.10 Å². The molecular weight excluding hydrogens is 254 g/mol. The summed E-state index contributed by atoms with van der Waals surface area (Å²) in [6.45, 7) is 0. The van der Waals surface area contributed by atoms with Gasteiger partial charge in [0.05, 0.1) is 10.7 Å². The molecule has 0 saturated heterocycles. The van der Waals surface area contributed by atoms with Crippen molar-refractivity contribution in [1.29, 1.82) is 0 Å². The van der Waals surface area contributed by atoms with Gasteiger partial charge >= 0.3 is 5.97 Å². The quantitative estimate of drug-likeness (QED) is 0.814. The lowest BCUT2D eigenvalue weighted by Gasteiger charge is -2.01. The summed E-state index contributed by atoms with van der Waals surface area (Å²) < 4.78 is 25.8. The molecule has 0 spiro atoms. The SMILES string of the molecule is O=C(O)c1cc(-c2cc(F)c(F)cc2Cl)n[nH]1. The van der Waals surface area contributed by atoms with Gasteiger partial charge < -0.3 is 5.11 Å². The van der Waals surface area contributed by atoms with Crippen molar-refractivity contribution in [2.45, 2.75) is 0 Å². The number of halogens is 3. The monoisotopic (exact) mass is 258 g/mol. The normalized spacial score (nSPS) is 10.5. The Morgan fingerprint density at radius 2 is 1.94 bits per heavy atom. The number of benzene rings is 1. The van der Waals surface area contributed by atoms with E-state index in [9.17, 15) is 13.6 Å². The Bertz CT molecular complexity index is 598. The minimum absolute atomic E-state index is 0.0488. The van der Waals surface area contributed by atoms with Crippen LogP contribution in [-0.2, 0) is 0 Å². The van der Waals surface area contributed by atoms with Crippen molar-refractivity contribution in [1.82, 2.24) is 10.2 Å². The molecule has 0 unspecified atom stereocenters. The van der Waals surface area contributed by atoms with Gasteiger partial charge in [0.25, 0.3) is 0 Å². The smallest absolute Gasteiger partial charge is 0.353 e. The summed E-state index contributed by atoms with van der Waals surface area (Å²) in [5, 5.41) is 14.5. The van der Waals surface area contributed by atoms with Crippen molar-refractivity contribution in [2.24, 2.45) is 0 Å². The second kappa shape index (κ2) is 4.14. The number of nitrogens with one attached hydrogen (secondary N) is 1. The Labute approximate surface area is 98.8 Å². The molecule has 7 heteroatoms. The number of carboxylic acid groups (broad SMARTS) is 1. The van der Waals surface area contributed by atoms with E-state index in [0.717, 1.165) is 12.1 Å². The first-order valence-electron chi connectivity index (χ1n) is 4.42. The molecule has 0 aliphatic carbocycles. The van der Waals surface area contributed by atoms with Gasteiger partial charge in [0.15, 0.2) is 11.6 Å². The lowest BCUT2D eigenvalue weighted by molar-refractivity contribution is 0.0690. The second-order valence-corrected chi connectivity index (χ2v) is 3.63. The maximum atomic E-state index is 13.0. The number of H-pyrrole nitrogens is 1. The molecule has 1 aromatic heterocycles. The summed E-state index contributed by atoms with van der Waals surface area (Å²) in [6.07, 6.45) is 0. The second-order valence-electron chi connectivity index (χ2n) is 3.22. The van der Waals surface area contributed by atoms with E-state index >= 15 is 0 Å². The third kappa shape index (κ3) is 2.12. The van der Waals surface area contributed by atoms with Gasteiger partial charge in [-0.1, -0.05) is 11.6 Å². The molecule has 4 nitrogen and oxygen atoms in total. The van der Waals surface area contributed by atoms with Crippen molar-refractivity contribution >= 4 is 17.6 Å². The van der Waals surface area contributed by atoms with Crippen molar-refractivity contribution in [3.05, 3.63) is 40.6 Å². The van der Waals surface area contributed by atoms with Crippen molar-refractivity contribution in [3.8, 4) is 11.3 Å². The van der Waals surface area contributed by atoms with E-state index in [2.05, 4.69) is 10.2 Å². The Morgan fingerprint density at radius 1 is 1.29 bits per heavy atom. The highest BCUT2D eigenvalue weighted by Gasteiger charge is 2.14. The lowest BCUT2D eigenvalue weighted by Crippen LogP contribution is -1.95. The molecule has 0 fully saturated rings. The van der Waals surface area contributed by atoms with Crippen LogP contribution in [0.2, 0.25) is 5.02 Å².